The Balaban J connectivity index is 1.55. The summed E-state index contributed by atoms with van der Waals surface area (Å²) in [4.78, 5) is 17.4. The van der Waals surface area contributed by atoms with Crippen molar-refractivity contribution >= 4 is 11.6 Å². The molecule has 0 spiro atoms. The fourth-order valence-electron chi connectivity index (χ4n) is 4.12. The van der Waals surface area contributed by atoms with Crippen molar-refractivity contribution in [2.75, 3.05) is 31.1 Å². The molecule has 1 aliphatic carbocycles. The number of rotatable bonds is 4. The van der Waals surface area contributed by atoms with Crippen molar-refractivity contribution in [3.63, 3.8) is 0 Å². The van der Waals surface area contributed by atoms with Gasteiger partial charge in [0, 0.05) is 31.9 Å². The first-order valence-corrected chi connectivity index (χ1v) is 9.82. The van der Waals surface area contributed by atoms with E-state index < -0.39 is 5.54 Å². The van der Waals surface area contributed by atoms with E-state index in [4.69, 9.17) is 0 Å². The largest absolute Gasteiger partial charge is 0.369 e. The molecule has 0 bridgehead atoms. The summed E-state index contributed by atoms with van der Waals surface area (Å²) in [5, 5.41) is 12.7. The van der Waals surface area contributed by atoms with Crippen LogP contribution in [-0.4, -0.2) is 48.6 Å². The minimum Gasteiger partial charge on any atom is -0.369 e. The van der Waals surface area contributed by atoms with Gasteiger partial charge in [-0.1, -0.05) is 31.4 Å². The van der Waals surface area contributed by atoms with E-state index in [-0.39, 0.29) is 11.9 Å². The second kappa shape index (κ2) is 8.09. The van der Waals surface area contributed by atoms with Crippen LogP contribution in [0.15, 0.2) is 24.3 Å². The lowest BCUT2D eigenvalue weighted by atomic mass is 9.82. The van der Waals surface area contributed by atoms with Crippen molar-refractivity contribution < 1.29 is 4.79 Å². The number of hydrogen-bond acceptors (Lipinski definition) is 4. The molecule has 0 radical (unpaired) electrons. The van der Waals surface area contributed by atoms with Crippen molar-refractivity contribution in [1.29, 1.82) is 5.26 Å². The first-order chi connectivity index (χ1) is 12.5. The highest BCUT2D eigenvalue weighted by Gasteiger charge is 2.36. The van der Waals surface area contributed by atoms with E-state index in [0.717, 1.165) is 58.3 Å². The summed E-state index contributed by atoms with van der Waals surface area (Å²) in [5.41, 5.74) is 1.88. The quantitative estimate of drug-likeness (QED) is 0.903. The number of amides is 1. The molecule has 2 fully saturated rings. The fourth-order valence-corrected chi connectivity index (χ4v) is 4.12. The minimum absolute atomic E-state index is 0.00236. The van der Waals surface area contributed by atoms with Gasteiger partial charge in [-0.05, 0) is 44.4 Å². The molecule has 1 aliphatic heterocycles. The summed E-state index contributed by atoms with van der Waals surface area (Å²) in [7, 11) is 0. The molecule has 0 aromatic heterocycles. The van der Waals surface area contributed by atoms with Gasteiger partial charge in [-0.3, -0.25) is 9.69 Å². The van der Waals surface area contributed by atoms with Gasteiger partial charge in [0.2, 0.25) is 5.91 Å². The molecule has 140 valence electrons. The van der Waals surface area contributed by atoms with E-state index >= 15 is 0 Å². The van der Waals surface area contributed by atoms with E-state index in [9.17, 15) is 10.1 Å². The fraction of sp³-hybridized carbons (Fsp3) is 0.619. The zero-order valence-corrected chi connectivity index (χ0v) is 16.0. The van der Waals surface area contributed by atoms with Crippen LogP contribution in [0.25, 0.3) is 0 Å². The number of piperazine rings is 1. The smallest absolute Gasteiger partial charge is 0.238 e. The number of nitrogens with zero attached hydrogens (tertiary/aromatic N) is 3. The Morgan fingerprint density at radius 3 is 2.50 bits per heavy atom. The predicted octanol–water partition coefficient (Wildman–Crippen LogP) is 2.85. The lowest BCUT2D eigenvalue weighted by Gasteiger charge is -2.40. The van der Waals surface area contributed by atoms with Gasteiger partial charge in [-0.15, -0.1) is 0 Å². The zero-order chi connectivity index (χ0) is 18.6. The molecule has 1 heterocycles. The van der Waals surface area contributed by atoms with E-state index in [1.54, 1.807) is 0 Å². The molecule has 1 saturated heterocycles. The maximum absolute atomic E-state index is 12.8. The van der Waals surface area contributed by atoms with Crippen LogP contribution in [-0.2, 0) is 4.79 Å². The molecule has 1 aromatic rings. The van der Waals surface area contributed by atoms with Crippen molar-refractivity contribution in [2.24, 2.45) is 0 Å². The van der Waals surface area contributed by atoms with E-state index in [0.29, 0.717) is 0 Å². The molecule has 5 heteroatoms. The van der Waals surface area contributed by atoms with Crippen LogP contribution in [0, 0.1) is 18.3 Å². The predicted molar refractivity (Wildman–Crippen MR) is 104 cm³/mol. The number of aryl methyl sites for hydroxylation is 1. The zero-order valence-electron chi connectivity index (χ0n) is 16.0. The summed E-state index contributed by atoms with van der Waals surface area (Å²) in [6.07, 6.45) is 4.77. The van der Waals surface area contributed by atoms with Crippen LogP contribution in [0.3, 0.4) is 0 Å². The first-order valence-electron chi connectivity index (χ1n) is 9.82. The van der Waals surface area contributed by atoms with Crippen molar-refractivity contribution in [3.8, 4) is 6.07 Å². The number of nitriles is 1. The summed E-state index contributed by atoms with van der Waals surface area (Å²) in [6.45, 7) is 7.65. The lowest BCUT2D eigenvalue weighted by Crippen LogP contribution is -2.58. The number of hydrogen-bond donors (Lipinski definition) is 1. The molecular weight excluding hydrogens is 324 g/mol. The van der Waals surface area contributed by atoms with Crippen LogP contribution in [0.4, 0.5) is 5.69 Å². The van der Waals surface area contributed by atoms with Gasteiger partial charge in [-0.25, -0.2) is 0 Å². The van der Waals surface area contributed by atoms with Crippen LogP contribution >= 0.6 is 0 Å². The molecule has 5 nitrogen and oxygen atoms in total. The van der Waals surface area contributed by atoms with Crippen molar-refractivity contribution in [2.45, 2.75) is 57.5 Å². The van der Waals surface area contributed by atoms with E-state index in [2.05, 4.69) is 52.4 Å². The SMILES string of the molecule is Cc1cccc(N2CCN(C(C)C(=O)NC3(C#N)CCCCC3)CC2)c1. The van der Waals surface area contributed by atoms with Crippen LogP contribution < -0.4 is 10.2 Å². The monoisotopic (exact) mass is 354 g/mol. The third-order valence-electron chi connectivity index (χ3n) is 5.89. The molecule has 1 unspecified atom stereocenters. The highest BCUT2D eigenvalue weighted by atomic mass is 16.2. The Morgan fingerprint density at radius 2 is 1.88 bits per heavy atom. The van der Waals surface area contributed by atoms with Gasteiger partial charge in [0.15, 0.2) is 0 Å². The molecule has 2 aliphatic rings. The normalized spacial score (nSPS) is 21.7. The van der Waals surface area contributed by atoms with Crippen molar-refractivity contribution in [3.05, 3.63) is 29.8 Å². The summed E-state index contributed by atoms with van der Waals surface area (Å²) < 4.78 is 0. The maximum atomic E-state index is 12.8. The van der Waals surface area contributed by atoms with E-state index in [1.807, 2.05) is 6.92 Å². The standard InChI is InChI=1S/C21H30N4O/c1-17-7-6-8-19(15-17)25-13-11-24(12-14-25)18(2)20(26)23-21(16-22)9-4-3-5-10-21/h6-8,15,18H,3-5,9-14H2,1-2H3,(H,23,26). The van der Waals surface area contributed by atoms with E-state index in [1.165, 1.54) is 11.3 Å². The third kappa shape index (κ3) is 4.19. The molecule has 1 amide bonds. The second-order valence-corrected chi connectivity index (χ2v) is 7.78. The summed E-state index contributed by atoms with van der Waals surface area (Å²) in [5.74, 6) is -0.00236. The Labute approximate surface area is 157 Å². The highest BCUT2D eigenvalue weighted by Crippen LogP contribution is 2.28. The minimum atomic E-state index is -0.646. The molecule has 1 saturated carbocycles. The average Bonchev–Trinajstić information content (AvgIpc) is 2.68. The Bertz CT molecular complexity index is 667. The number of carbonyl (C=O) groups is 1. The lowest BCUT2D eigenvalue weighted by molar-refractivity contribution is -0.127. The Kier molecular flexibility index (Phi) is 5.83. The highest BCUT2D eigenvalue weighted by molar-refractivity contribution is 5.82. The number of carbonyl (C=O) groups excluding carboxylic acids is 1. The van der Waals surface area contributed by atoms with Gasteiger partial charge < -0.3 is 10.2 Å². The maximum Gasteiger partial charge on any atom is 0.238 e. The van der Waals surface area contributed by atoms with Crippen LogP contribution in [0.5, 0.6) is 0 Å². The van der Waals surface area contributed by atoms with Crippen molar-refractivity contribution in [1.82, 2.24) is 10.2 Å². The topological polar surface area (TPSA) is 59.4 Å². The molecular formula is C21H30N4O. The Morgan fingerprint density at radius 1 is 1.19 bits per heavy atom. The van der Waals surface area contributed by atoms with Gasteiger partial charge >= 0.3 is 0 Å². The van der Waals surface area contributed by atoms with Gasteiger partial charge in [-0.2, -0.15) is 5.26 Å². The van der Waals surface area contributed by atoms with Gasteiger partial charge in [0.25, 0.3) is 0 Å². The third-order valence-corrected chi connectivity index (χ3v) is 5.89. The summed E-state index contributed by atoms with van der Waals surface area (Å²) in [6, 6.07) is 10.8. The average molecular weight is 354 g/mol. The first kappa shape index (κ1) is 18.7. The molecule has 1 N–H and O–H groups in total. The Hall–Kier alpha value is -2.06. The number of anilines is 1. The molecule has 26 heavy (non-hydrogen) atoms. The van der Waals surface area contributed by atoms with Gasteiger partial charge in [0.1, 0.15) is 5.54 Å². The number of nitrogens with one attached hydrogen (secondary N) is 1. The second-order valence-electron chi connectivity index (χ2n) is 7.78. The van der Waals surface area contributed by atoms with Crippen LogP contribution in [0.2, 0.25) is 0 Å². The van der Waals surface area contributed by atoms with Gasteiger partial charge in [0.05, 0.1) is 12.1 Å². The molecule has 1 aromatic carbocycles. The molecule has 1 atom stereocenters. The molecule has 3 rings (SSSR count). The summed E-state index contributed by atoms with van der Waals surface area (Å²) >= 11 is 0. The van der Waals surface area contributed by atoms with Crippen LogP contribution in [0.1, 0.15) is 44.6 Å². The number of benzene rings is 1.